The molecule has 0 aromatic carbocycles. The van der Waals surface area contributed by atoms with Crippen LogP contribution in [-0.2, 0) is 6.42 Å². The van der Waals surface area contributed by atoms with Crippen molar-refractivity contribution in [3.63, 3.8) is 0 Å². The van der Waals surface area contributed by atoms with Crippen LogP contribution in [0.1, 0.15) is 43.8 Å². The van der Waals surface area contributed by atoms with E-state index in [4.69, 9.17) is 4.42 Å². The number of ketones is 1. The monoisotopic (exact) mass is 232 g/mol. The highest BCUT2D eigenvalue weighted by Gasteiger charge is 2.06. The molecule has 1 heterocycles. The fourth-order valence-corrected chi connectivity index (χ4v) is 1.43. The van der Waals surface area contributed by atoms with Crippen molar-refractivity contribution >= 4 is 5.78 Å². The molecule has 0 amide bonds. The summed E-state index contributed by atoms with van der Waals surface area (Å²) in [5.74, 6) is 1.41. The summed E-state index contributed by atoms with van der Waals surface area (Å²) < 4.78 is 5.37. The summed E-state index contributed by atoms with van der Waals surface area (Å²) in [6, 6.07) is 1.81. The van der Waals surface area contributed by atoms with E-state index in [1.165, 1.54) is 11.8 Å². The summed E-state index contributed by atoms with van der Waals surface area (Å²) in [6.45, 7) is 7.84. The topological polar surface area (TPSA) is 30.2 Å². The Kier molecular flexibility index (Phi) is 4.95. The molecular weight excluding hydrogens is 212 g/mol. The summed E-state index contributed by atoms with van der Waals surface area (Å²) in [5.41, 5.74) is 1.84. The third-order valence-corrected chi connectivity index (χ3v) is 2.50. The Bertz CT molecular complexity index is 434. The summed E-state index contributed by atoms with van der Waals surface area (Å²) in [4.78, 5) is 11.1. The van der Waals surface area contributed by atoms with Crippen LogP contribution in [0.3, 0.4) is 0 Å². The molecule has 0 aliphatic heterocycles. The van der Waals surface area contributed by atoms with Gasteiger partial charge in [-0.25, -0.2) is 0 Å². The average Bonchev–Trinajstić information content (AvgIpc) is 2.72. The Morgan fingerprint density at radius 1 is 1.47 bits per heavy atom. The fraction of sp³-hybridized carbons (Fsp3) is 0.400. The highest BCUT2D eigenvalue weighted by molar-refractivity contribution is 5.93. The number of allylic oxidation sites excluding steroid dienone is 4. The highest BCUT2D eigenvalue weighted by atomic mass is 16.3. The molecule has 17 heavy (non-hydrogen) atoms. The van der Waals surface area contributed by atoms with Crippen LogP contribution in [0.25, 0.3) is 0 Å². The average molecular weight is 232 g/mol. The zero-order valence-electron chi connectivity index (χ0n) is 11.0. The van der Waals surface area contributed by atoms with Crippen LogP contribution in [0.4, 0.5) is 0 Å². The summed E-state index contributed by atoms with van der Waals surface area (Å²) >= 11 is 0. The summed E-state index contributed by atoms with van der Waals surface area (Å²) in [5, 5.41) is 0. The van der Waals surface area contributed by atoms with Crippen molar-refractivity contribution in [3.05, 3.63) is 47.5 Å². The molecule has 0 spiro atoms. The SMILES string of the molecule is C/C=C(\C=C/C(C)C)Cc1cc(C(C)=O)co1. The minimum absolute atomic E-state index is 0.0414. The van der Waals surface area contributed by atoms with E-state index in [0.29, 0.717) is 11.5 Å². The summed E-state index contributed by atoms with van der Waals surface area (Å²) in [6.07, 6.45) is 8.59. The Hall–Kier alpha value is -1.57. The molecule has 2 heteroatoms. The van der Waals surface area contributed by atoms with Crippen LogP contribution >= 0.6 is 0 Å². The van der Waals surface area contributed by atoms with Crippen molar-refractivity contribution in [2.24, 2.45) is 5.92 Å². The molecular formula is C15H20O2. The van der Waals surface area contributed by atoms with Crippen molar-refractivity contribution in [3.8, 4) is 0 Å². The van der Waals surface area contributed by atoms with E-state index in [9.17, 15) is 4.79 Å². The van der Waals surface area contributed by atoms with E-state index < -0.39 is 0 Å². The van der Waals surface area contributed by atoms with Crippen LogP contribution in [0, 0.1) is 5.92 Å². The van der Waals surface area contributed by atoms with E-state index in [2.05, 4.69) is 32.1 Å². The lowest BCUT2D eigenvalue weighted by molar-refractivity contribution is 0.101. The van der Waals surface area contributed by atoms with E-state index in [0.717, 1.165) is 12.2 Å². The molecule has 2 nitrogen and oxygen atoms in total. The van der Waals surface area contributed by atoms with Gasteiger partial charge >= 0.3 is 0 Å². The van der Waals surface area contributed by atoms with Crippen LogP contribution in [-0.4, -0.2) is 5.78 Å². The quantitative estimate of drug-likeness (QED) is 0.563. The Morgan fingerprint density at radius 3 is 2.65 bits per heavy atom. The third-order valence-electron chi connectivity index (χ3n) is 2.50. The number of hydrogen-bond donors (Lipinski definition) is 0. The van der Waals surface area contributed by atoms with Gasteiger partial charge in [-0.05, 0) is 31.4 Å². The molecule has 0 N–H and O–H groups in total. The molecule has 1 aromatic heterocycles. The lowest BCUT2D eigenvalue weighted by Crippen LogP contribution is -1.89. The van der Waals surface area contributed by atoms with Gasteiger partial charge in [0, 0.05) is 6.42 Å². The first-order valence-electron chi connectivity index (χ1n) is 5.94. The smallest absolute Gasteiger partial charge is 0.163 e. The third kappa shape index (κ3) is 4.43. The highest BCUT2D eigenvalue weighted by Crippen LogP contribution is 2.14. The number of Topliss-reactive ketones (excluding diaryl/α,β-unsaturated/α-hetero) is 1. The molecule has 0 saturated carbocycles. The minimum atomic E-state index is 0.0414. The van der Waals surface area contributed by atoms with Crippen molar-refractivity contribution in [1.82, 2.24) is 0 Å². The van der Waals surface area contributed by atoms with Crippen molar-refractivity contribution in [1.29, 1.82) is 0 Å². The Morgan fingerprint density at radius 2 is 2.18 bits per heavy atom. The lowest BCUT2D eigenvalue weighted by Gasteiger charge is -1.99. The van der Waals surface area contributed by atoms with Gasteiger partial charge in [0.1, 0.15) is 12.0 Å². The van der Waals surface area contributed by atoms with E-state index in [-0.39, 0.29) is 5.78 Å². The molecule has 0 atom stereocenters. The molecule has 0 saturated heterocycles. The van der Waals surface area contributed by atoms with E-state index in [1.54, 1.807) is 6.92 Å². The molecule has 1 rings (SSSR count). The molecule has 0 aliphatic rings. The standard InChI is InChI=1S/C15H20O2/c1-5-13(7-6-11(2)3)8-15-9-14(10-17-15)12(4)16/h5-7,9-11H,8H2,1-4H3/b7-6-,13-5+. The molecule has 1 aromatic rings. The van der Waals surface area contributed by atoms with Gasteiger partial charge in [-0.2, -0.15) is 0 Å². The molecule has 0 aliphatic carbocycles. The molecule has 0 fully saturated rings. The van der Waals surface area contributed by atoms with Crippen molar-refractivity contribution in [2.45, 2.75) is 34.1 Å². The Balaban J connectivity index is 2.71. The van der Waals surface area contributed by atoms with Crippen LogP contribution in [0.2, 0.25) is 0 Å². The first kappa shape index (κ1) is 13.5. The molecule has 0 radical (unpaired) electrons. The van der Waals surface area contributed by atoms with Gasteiger partial charge in [-0.3, -0.25) is 4.79 Å². The molecule has 92 valence electrons. The predicted molar refractivity (Wildman–Crippen MR) is 70.2 cm³/mol. The number of carbonyl (C=O) groups excluding carboxylic acids is 1. The first-order chi connectivity index (χ1) is 8.02. The van der Waals surface area contributed by atoms with Gasteiger partial charge in [0.2, 0.25) is 0 Å². The second-order valence-electron chi connectivity index (χ2n) is 4.50. The zero-order valence-corrected chi connectivity index (χ0v) is 11.0. The summed E-state index contributed by atoms with van der Waals surface area (Å²) in [7, 11) is 0. The van der Waals surface area contributed by atoms with E-state index >= 15 is 0 Å². The largest absolute Gasteiger partial charge is 0.468 e. The first-order valence-corrected chi connectivity index (χ1v) is 5.94. The van der Waals surface area contributed by atoms with E-state index in [1.807, 2.05) is 13.0 Å². The second-order valence-corrected chi connectivity index (χ2v) is 4.50. The number of carbonyl (C=O) groups is 1. The number of furan rings is 1. The van der Waals surface area contributed by atoms with Crippen LogP contribution < -0.4 is 0 Å². The second kappa shape index (κ2) is 6.24. The fourth-order valence-electron chi connectivity index (χ4n) is 1.43. The Labute approximate surface area is 103 Å². The maximum absolute atomic E-state index is 11.1. The van der Waals surface area contributed by atoms with Gasteiger partial charge in [-0.15, -0.1) is 0 Å². The van der Waals surface area contributed by atoms with Gasteiger partial charge in [0.25, 0.3) is 0 Å². The van der Waals surface area contributed by atoms with Gasteiger partial charge in [0.05, 0.1) is 5.56 Å². The number of rotatable bonds is 5. The maximum atomic E-state index is 11.1. The van der Waals surface area contributed by atoms with Gasteiger partial charge in [-0.1, -0.05) is 32.1 Å². The predicted octanol–water partition coefficient (Wildman–Crippen LogP) is 4.18. The lowest BCUT2D eigenvalue weighted by atomic mass is 10.1. The minimum Gasteiger partial charge on any atom is -0.468 e. The zero-order chi connectivity index (χ0) is 12.8. The van der Waals surface area contributed by atoms with Crippen LogP contribution in [0.15, 0.2) is 40.5 Å². The van der Waals surface area contributed by atoms with Crippen molar-refractivity contribution < 1.29 is 9.21 Å². The van der Waals surface area contributed by atoms with Gasteiger partial charge < -0.3 is 4.42 Å². The number of hydrogen-bond acceptors (Lipinski definition) is 2. The van der Waals surface area contributed by atoms with Crippen LogP contribution in [0.5, 0.6) is 0 Å². The molecule has 0 bridgehead atoms. The van der Waals surface area contributed by atoms with Crippen molar-refractivity contribution in [2.75, 3.05) is 0 Å². The normalized spacial score (nSPS) is 12.6. The molecule has 0 unspecified atom stereocenters. The van der Waals surface area contributed by atoms with Gasteiger partial charge in [0.15, 0.2) is 5.78 Å². The maximum Gasteiger partial charge on any atom is 0.163 e.